The molecule has 1 saturated heterocycles. The average molecular weight is 112 g/mol. The summed E-state index contributed by atoms with van der Waals surface area (Å²) in [5.74, 6) is 0. The Bertz CT molecular complexity index is 121. The Hall–Kier alpha value is -0.610. The van der Waals surface area contributed by atoms with Crippen molar-refractivity contribution < 1.29 is 0 Å². The first-order valence-corrected chi connectivity index (χ1v) is 2.71. The molecule has 0 aromatic rings. The highest BCUT2D eigenvalue weighted by Crippen LogP contribution is 2.00. The van der Waals surface area contributed by atoms with Crippen LogP contribution in [0, 0.1) is 0 Å². The number of hydrogen-bond donors (Lipinski definition) is 3. The van der Waals surface area contributed by atoms with Gasteiger partial charge < -0.3 is 5.32 Å². The van der Waals surface area contributed by atoms with Crippen molar-refractivity contribution in [2.75, 3.05) is 6.67 Å². The molecule has 0 spiro atoms. The number of nitrogens with one attached hydrogen (secondary N) is 3. The standard InChI is InChI=1S/C4H8N4/c1-5-3-4(6-1)8-2-7-3/h1,3-4,7-8H,2H2,(H,5,6). The second-order valence-electron chi connectivity index (χ2n) is 1.95. The zero-order valence-corrected chi connectivity index (χ0v) is 4.39. The van der Waals surface area contributed by atoms with Crippen LogP contribution in [0.2, 0.25) is 0 Å². The molecular formula is C4H8N4. The van der Waals surface area contributed by atoms with Crippen LogP contribution < -0.4 is 16.0 Å². The monoisotopic (exact) mass is 112 g/mol. The summed E-state index contributed by atoms with van der Waals surface area (Å²) in [6, 6.07) is 0. The number of hydrogen-bond acceptors (Lipinski definition) is 4. The summed E-state index contributed by atoms with van der Waals surface area (Å²) in [4.78, 5) is 4.09. The van der Waals surface area contributed by atoms with Crippen molar-refractivity contribution in [3.05, 3.63) is 0 Å². The van der Waals surface area contributed by atoms with Gasteiger partial charge in [0.15, 0.2) is 0 Å². The Morgan fingerprint density at radius 3 is 3.38 bits per heavy atom. The second-order valence-corrected chi connectivity index (χ2v) is 1.95. The SMILES string of the molecule is C1=NC2NCNC2N1. The van der Waals surface area contributed by atoms with Crippen molar-refractivity contribution >= 4 is 6.34 Å². The van der Waals surface area contributed by atoms with Crippen LogP contribution in [-0.2, 0) is 0 Å². The summed E-state index contributed by atoms with van der Waals surface area (Å²) in [5, 5.41) is 9.37. The highest BCUT2D eigenvalue weighted by Gasteiger charge is 2.27. The van der Waals surface area contributed by atoms with Gasteiger partial charge in [-0.15, -0.1) is 0 Å². The molecule has 2 heterocycles. The molecule has 3 N–H and O–H groups in total. The minimum absolute atomic E-state index is 0.273. The van der Waals surface area contributed by atoms with Gasteiger partial charge in [0.2, 0.25) is 0 Å². The third-order valence-corrected chi connectivity index (χ3v) is 1.44. The smallest absolute Gasteiger partial charge is 0.136 e. The van der Waals surface area contributed by atoms with E-state index in [9.17, 15) is 0 Å². The summed E-state index contributed by atoms with van der Waals surface area (Å²) in [5.41, 5.74) is 0. The molecule has 8 heavy (non-hydrogen) atoms. The Morgan fingerprint density at radius 1 is 1.50 bits per heavy atom. The van der Waals surface area contributed by atoms with E-state index in [2.05, 4.69) is 20.9 Å². The first kappa shape index (κ1) is 4.29. The molecule has 0 radical (unpaired) electrons. The third kappa shape index (κ3) is 0.439. The van der Waals surface area contributed by atoms with Gasteiger partial charge >= 0.3 is 0 Å². The lowest BCUT2D eigenvalue weighted by atomic mass is 10.4. The van der Waals surface area contributed by atoms with E-state index in [0.717, 1.165) is 6.67 Å². The Labute approximate surface area is 47.4 Å². The highest BCUT2D eigenvalue weighted by molar-refractivity contribution is 5.58. The molecule has 0 aliphatic carbocycles. The van der Waals surface area contributed by atoms with Gasteiger partial charge in [-0.05, 0) is 0 Å². The normalized spacial score (nSPS) is 42.0. The second kappa shape index (κ2) is 1.43. The van der Waals surface area contributed by atoms with Crippen molar-refractivity contribution in [1.82, 2.24) is 16.0 Å². The number of rotatable bonds is 0. The van der Waals surface area contributed by atoms with E-state index in [1.54, 1.807) is 6.34 Å². The minimum atomic E-state index is 0.273. The lowest BCUT2D eigenvalue weighted by Crippen LogP contribution is -2.38. The fourth-order valence-electron chi connectivity index (χ4n) is 0.995. The molecule has 2 atom stereocenters. The van der Waals surface area contributed by atoms with Crippen LogP contribution in [0.3, 0.4) is 0 Å². The van der Waals surface area contributed by atoms with Crippen molar-refractivity contribution in [2.24, 2.45) is 4.99 Å². The zero-order valence-electron chi connectivity index (χ0n) is 4.39. The molecule has 2 unspecified atom stereocenters. The molecule has 0 amide bonds. The van der Waals surface area contributed by atoms with E-state index < -0.39 is 0 Å². The van der Waals surface area contributed by atoms with Crippen LogP contribution in [0.25, 0.3) is 0 Å². The van der Waals surface area contributed by atoms with E-state index in [4.69, 9.17) is 0 Å². The molecule has 1 fully saturated rings. The predicted molar refractivity (Wildman–Crippen MR) is 30.3 cm³/mol. The van der Waals surface area contributed by atoms with Crippen molar-refractivity contribution in [3.63, 3.8) is 0 Å². The predicted octanol–water partition coefficient (Wildman–Crippen LogP) is -1.58. The zero-order chi connectivity index (χ0) is 5.40. The minimum Gasteiger partial charge on any atom is -0.358 e. The summed E-state index contributed by atoms with van der Waals surface area (Å²) < 4.78 is 0. The molecule has 0 aromatic carbocycles. The molecule has 0 aromatic heterocycles. The molecule has 2 aliphatic rings. The lowest BCUT2D eigenvalue weighted by molar-refractivity contribution is 0.538. The van der Waals surface area contributed by atoms with Crippen molar-refractivity contribution in [1.29, 1.82) is 0 Å². The van der Waals surface area contributed by atoms with Gasteiger partial charge in [0.25, 0.3) is 0 Å². The average Bonchev–Trinajstić information content (AvgIpc) is 2.15. The maximum Gasteiger partial charge on any atom is 0.136 e. The molecular weight excluding hydrogens is 104 g/mol. The number of fused-ring (bicyclic) bond motifs is 1. The van der Waals surface area contributed by atoms with Gasteiger partial charge in [0.1, 0.15) is 12.3 Å². The first-order chi connectivity index (χ1) is 3.97. The van der Waals surface area contributed by atoms with Crippen molar-refractivity contribution in [2.45, 2.75) is 12.3 Å². The van der Waals surface area contributed by atoms with Crippen LogP contribution in [0.15, 0.2) is 4.99 Å². The molecule has 2 rings (SSSR count). The van der Waals surface area contributed by atoms with E-state index >= 15 is 0 Å². The Balaban J connectivity index is 2.13. The highest BCUT2D eigenvalue weighted by atomic mass is 15.4. The van der Waals surface area contributed by atoms with Gasteiger partial charge in [0, 0.05) is 6.67 Å². The van der Waals surface area contributed by atoms with Gasteiger partial charge in [0.05, 0.1) is 6.34 Å². The quantitative estimate of drug-likeness (QED) is 0.354. The van der Waals surface area contributed by atoms with Crippen LogP contribution in [0.1, 0.15) is 0 Å². The van der Waals surface area contributed by atoms with Crippen LogP contribution in [-0.4, -0.2) is 25.3 Å². The molecule has 0 saturated carbocycles. The van der Waals surface area contributed by atoms with Gasteiger partial charge in [-0.1, -0.05) is 0 Å². The van der Waals surface area contributed by atoms with Gasteiger partial charge in [-0.2, -0.15) is 0 Å². The van der Waals surface area contributed by atoms with Crippen LogP contribution >= 0.6 is 0 Å². The van der Waals surface area contributed by atoms with E-state index in [1.807, 2.05) is 0 Å². The van der Waals surface area contributed by atoms with E-state index in [-0.39, 0.29) is 6.17 Å². The topological polar surface area (TPSA) is 48.5 Å². The fraction of sp³-hybridized carbons (Fsp3) is 0.750. The lowest BCUT2D eigenvalue weighted by Gasteiger charge is -2.04. The largest absolute Gasteiger partial charge is 0.358 e. The first-order valence-electron chi connectivity index (χ1n) is 2.71. The van der Waals surface area contributed by atoms with Crippen LogP contribution in [0.4, 0.5) is 0 Å². The number of nitrogens with zero attached hydrogens (tertiary/aromatic N) is 1. The van der Waals surface area contributed by atoms with E-state index in [0.29, 0.717) is 6.17 Å². The Morgan fingerprint density at radius 2 is 2.50 bits per heavy atom. The maximum absolute atomic E-state index is 4.09. The summed E-state index contributed by atoms with van der Waals surface area (Å²) in [7, 11) is 0. The van der Waals surface area contributed by atoms with Crippen LogP contribution in [0.5, 0.6) is 0 Å². The Kier molecular flexibility index (Phi) is 0.767. The molecule has 44 valence electrons. The van der Waals surface area contributed by atoms with Crippen molar-refractivity contribution in [3.8, 4) is 0 Å². The fourth-order valence-corrected chi connectivity index (χ4v) is 0.995. The molecule has 2 aliphatic heterocycles. The van der Waals surface area contributed by atoms with E-state index in [1.165, 1.54) is 0 Å². The van der Waals surface area contributed by atoms with Gasteiger partial charge in [-0.25, -0.2) is 0 Å². The molecule has 4 heteroatoms. The third-order valence-electron chi connectivity index (χ3n) is 1.44. The van der Waals surface area contributed by atoms with Gasteiger partial charge in [-0.3, -0.25) is 15.6 Å². The maximum atomic E-state index is 4.09. The molecule has 4 nitrogen and oxygen atoms in total. The number of aliphatic imine (C=N–C) groups is 1. The summed E-state index contributed by atoms with van der Waals surface area (Å²) in [6.07, 6.45) is 2.35. The summed E-state index contributed by atoms with van der Waals surface area (Å²) >= 11 is 0. The molecule has 0 bridgehead atoms. The summed E-state index contributed by atoms with van der Waals surface area (Å²) in [6.45, 7) is 0.861.